The van der Waals surface area contributed by atoms with Gasteiger partial charge >= 0.3 is 0 Å². The van der Waals surface area contributed by atoms with Gasteiger partial charge in [-0.05, 0) is 49.6 Å². The Bertz CT molecular complexity index is 638. The van der Waals surface area contributed by atoms with E-state index in [1.54, 1.807) is 26.0 Å². The van der Waals surface area contributed by atoms with Gasteiger partial charge in [0.25, 0.3) is 0 Å². The van der Waals surface area contributed by atoms with Crippen LogP contribution in [0.3, 0.4) is 0 Å². The third-order valence-electron chi connectivity index (χ3n) is 3.32. The van der Waals surface area contributed by atoms with Crippen LogP contribution < -0.4 is 5.32 Å². The van der Waals surface area contributed by atoms with Crippen LogP contribution in [0.15, 0.2) is 30.3 Å². The zero-order valence-electron chi connectivity index (χ0n) is 11.6. The van der Waals surface area contributed by atoms with Crippen LogP contribution in [0, 0.1) is 31.3 Å². The van der Waals surface area contributed by atoms with E-state index in [2.05, 4.69) is 5.32 Å². The Kier molecular flexibility index (Phi) is 4.02. The number of halogens is 3. The van der Waals surface area contributed by atoms with Crippen molar-refractivity contribution in [2.24, 2.45) is 0 Å². The van der Waals surface area contributed by atoms with Crippen LogP contribution in [-0.2, 0) is 0 Å². The summed E-state index contributed by atoms with van der Waals surface area (Å²) in [6, 6.07) is 6.75. The van der Waals surface area contributed by atoms with E-state index in [-0.39, 0.29) is 23.1 Å². The highest BCUT2D eigenvalue weighted by Crippen LogP contribution is 2.25. The van der Waals surface area contributed by atoms with Gasteiger partial charge in [-0.15, -0.1) is 0 Å². The minimum atomic E-state index is -0.525. The number of hydrogen-bond donors (Lipinski definition) is 1. The van der Waals surface area contributed by atoms with E-state index in [0.717, 1.165) is 12.1 Å². The normalized spacial score (nSPS) is 12.3. The maximum absolute atomic E-state index is 13.7. The molecule has 1 unspecified atom stereocenters. The van der Waals surface area contributed by atoms with Crippen molar-refractivity contribution >= 4 is 5.69 Å². The van der Waals surface area contributed by atoms with E-state index in [1.807, 2.05) is 0 Å². The molecule has 0 aliphatic carbocycles. The van der Waals surface area contributed by atoms with Crippen molar-refractivity contribution < 1.29 is 13.2 Å². The largest absolute Gasteiger partial charge is 0.376 e. The quantitative estimate of drug-likeness (QED) is 0.843. The number of aryl methyl sites for hydroxylation is 2. The molecule has 2 rings (SSSR count). The van der Waals surface area contributed by atoms with Crippen molar-refractivity contribution in [1.82, 2.24) is 0 Å². The zero-order valence-corrected chi connectivity index (χ0v) is 11.6. The average Bonchev–Trinajstić information content (AvgIpc) is 2.39. The fraction of sp³-hybridized carbons (Fsp3) is 0.250. The summed E-state index contributed by atoms with van der Waals surface area (Å²) in [6.45, 7) is 4.94. The molecule has 1 nitrogen and oxygen atoms in total. The third-order valence-corrected chi connectivity index (χ3v) is 3.32. The lowest BCUT2D eigenvalue weighted by Crippen LogP contribution is -2.09. The lowest BCUT2D eigenvalue weighted by molar-refractivity contribution is 0.592. The lowest BCUT2D eigenvalue weighted by Gasteiger charge is -2.17. The fourth-order valence-electron chi connectivity index (χ4n) is 1.95. The van der Waals surface area contributed by atoms with Crippen molar-refractivity contribution in [3.05, 3.63) is 64.5 Å². The van der Waals surface area contributed by atoms with Gasteiger partial charge in [-0.1, -0.05) is 12.1 Å². The Balaban J connectivity index is 2.25. The molecule has 20 heavy (non-hydrogen) atoms. The van der Waals surface area contributed by atoms with Gasteiger partial charge < -0.3 is 5.32 Å². The predicted octanol–water partition coefficient (Wildman–Crippen LogP) is 4.89. The van der Waals surface area contributed by atoms with E-state index >= 15 is 0 Å². The van der Waals surface area contributed by atoms with Crippen LogP contribution in [0.5, 0.6) is 0 Å². The Hall–Kier alpha value is -1.97. The molecule has 0 aliphatic heterocycles. The van der Waals surface area contributed by atoms with Gasteiger partial charge in [-0.2, -0.15) is 0 Å². The van der Waals surface area contributed by atoms with Crippen LogP contribution in [0.1, 0.15) is 29.7 Å². The Morgan fingerprint density at radius 3 is 2.15 bits per heavy atom. The molecular weight excluding hydrogens is 263 g/mol. The molecular formula is C16H16F3N. The Morgan fingerprint density at radius 1 is 0.850 bits per heavy atom. The van der Waals surface area contributed by atoms with Gasteiger partial charge in [0.1, 0.15) is 17.5 Å². The van der Waals surface area contributed by atoms with Gasteiger partial charge in [0, 0.05) is 12.1 Å². The number of benzene rings is 2. The van der Waals surface area contributed by atoms with E-state index in [0.29, 0.717) is 11.1 Å². The van der Waals surface area contributed by atoms with Gasteiger partial charge in [0.15, 0.2) is 0 Å². The third kappa shape index (κ3) is 2.95. The molecule has 0 aromatic heterocycles. The van der Waals surface area contributed by atoms with E-state index in [1.165, 1.54) is 13.0 Å². The van der Waals surface area contributed by atoms with Crippen LogP contribution in [-0.4, -0.2) is 0 Å². The standard InChI is InChI=1S/C16H16F3N/c1-9-4-5-12(7-13(9)17)11(3)20-16-8-14(18)10(2)6-15(16)19/h4-8,11,20H,1-3H3. The molecule has 0 heterocycles. The first-order chi connectivity index (χ1) is 9.38. The monoisotopic (exact) mass is 279 g/mol. The molecule has 0 radical (unpaired) electrons. The Labute approximate surface area is 116 Å². The highest BCUT2D eigenvalue weighted by atomic mass is 19.1. The molecule has 4 heteroatoms. The minimum absolute atomic E-state index is 0.0709. The first-order valence-electron chi connectivity index (χ1n) is 6.36. The molecule has 2 aromatic carbocycles. The number of rotatable bonds is 3. The van der Waals surface area contributed by atoms with Crippen molar-refractivity contribution in [2.45, 2.75) is 26.8 Å². The van der Waals surface area contributed by atoms with Gasteiger partial charge in [0.05, 0.1) is 5.69 Å². The molecule has 0 spiro atoms. The van der Waals surface area contributed by atoms with E-state index in [9.17, 15) is 13.2 Å². The molecule has 0 amide bonds. The second kappa shape index (κ2) is 5.57. The summed E-state index contributed by atoms with van der Waals surface area (Å²) < 4.78 is 40.7. The highest BCUT2D eigenvalue weighted by molar-refractivity contribution is 5.48. The summed E-state index contributed by atoms with van der Waals surface area (Å²) in [4.78, 5) is 0. The van der Waals surface area contributed by atoms with Crippen LogP contribution >= 0.6 is 0 Å². The van der Waals surface area contributed by atoms with Crippen molar-refractivity contribution in [3.8, 4) is 0 Å². The van der Waals surface area contributed by atoms with Crippen molar-refractivity contribution in [1.29, 1.82) is 0 Å². The number of nitrogens with one attached hydrogen (secondary N) is 1. The molecule has 1 atom stereocenters. The van der Waals surface area contributed by atoms with Crippen LogP contribution in [0.4, 0.5) is 18.9 Å². The summed E-state index contributed by atoms with van der Waals surface area (Å²) in [7, 11) is 0. The molecule has 0 saturated carbocycles. The minimum Gasteiger partial charge on any atom is -0.376 e. The van der Waals surface area contributed by atoms with Crippen molar-refractivity contribution in [2.75, 3.05) is 5.32 Å². The maximum Gasteiger partial charge on any atom is 0.146 e. The summed E-state index contributed by atoms with van der Waals surface area (Å²) in [5, 5.41) is 2.86. The first kappa shape index (κ1) is 14.4. The number of hydrogen-bond acceptors (Lipinski definition) is 1. The van der Waals surface area contributed by atoms with Crippen molar-refractivity contribution in [3.63, 3.8) is 0 Å². The summed E-state index contributed by atoms with van der Waals surface area (Å²) in [5.74, 6) is -1.31. The van der Waals surface area contributed by atoms with E-state index < -0.39 is 11.6 Å². The second-order valence-corrected chi connectivity index (χ2v) is 4.96. The topological polar surface area (TPSA) is 12.0 Å². The Morgan fingerprint density at radius 2 is 1.50 bits per heavy atom. The molecule has 2 aromatic rings. The summed E-state index contributed by atoms with van der Waals surface area (Å²) >= 11 is 0. The zero-order chi connectivity index (χ0) is 14.9. The van der Waals surface area contributed by atoms with E-state index in [4.69, 9.17) is 0 Å². The first-order valence-corrected chi connectivity index (χ1v) is 6.36. The summed E-state index contributed by atoms with van der Waals surface area (Å²) in [6.07, 6.45) is 0. The smallest absolute Gasteiger partial charge is 0.146 e. The molecule has 0 aliphatic rings. The lowest BCUT2D eigenvalue weighted by atomic mass is 10.1. The molecule has 0 saturated heterocycles. The fourth-order valence-corrected chi connectivity index (χ4v) is 1.95. The number of anilines is 1. The van der Waals surface area contributed by atoms with Gasteiger partial charge in [-0.3, -0.25) is 0 Å². The van der Waals surface area contributed by atoms with Crippen LogP contribution in [0.25, 0.3) is 0 Å². The average molecular weight is 279 g/mol. The van der Waals surface area contributed by atoms with Gasteiger partial charge in [-0.25, -0.2) is 13.2 Å². The van der Waals surface area contributed by atoms with Gasteiger partial charge in [0.2, 0.25) is 0 Å². The SMILES string of the molecule is Cc1ccc(C(C)Nc2cc(F)c(C)cc2F)cc1F. The highest BCUT2D eigenvalue weighted by Gasteiger charge is 2.12. The molecule has 0 bridgehead atoms. The summed E-state index contributed by atoms with van der Waals surface area (Å²) in [5.41, 5.74) is 1.55. The maximum atomic E-state index is 13.7. The van der Waals surface area contributed by atoms with Crippen LogP contribution in [0.2, 0.25) is 0 Å². The predicted molar refractivity (Wildman–Crippen MR) is 74.3 cm³/mol. The molecule has 1 N–H and O–H groups in total. The molecule has 106 valence electrons. The second-order valence-electron chi connectivity index (χ2n) is 4.96. The molecule has 0 fully saturated rings.